The minimum atomic E-state index is -2.49. The van der Waals surface area contributed by atoms with Gasteiger partial charge in [0, 0.05) is 6.42 Å². The van der Waals surface area contributed by atoms with Crippen molar-refractivity contribution in [3.05, 3.63) is 0 Å². The highest BCUT2D eigenvalue weighted by Crippen LogP contribution is 2.29. The normalized spacial score (nSPS) is 12.5. The first-order valence-corrected chi connectivity index (χ1v) is 5.06. The fraction of sp³-hybridized carbons (Fsp3) is 1.00. The number of halogens is 3. The maximum Gasteiger partial charge on any atom is 0.296 e. The van der Waals surface area contributed by atoms with Crippen LogP contribution in [0.1, 0.15) is 39.5 Å². The van der Waals surface area contributed by atoms with E-state index in [1.807, 2.05) is 0 Å². The van der Waals surface area contributed by atoms with E-state index in [1.54, 1.807) is 0 Å². The lowest BCUT2D eigenvalue weighted by molar-refractivity contribution is 0.113. The summed E-state index contributed by atoms with van der Waals surface area (Å²) < 4.78 is 22.0. The molecule has 11 heavy (non-hydrogen) atoms. The third-order valence-electron chi connectivity index (χ3n) is 1.49. The van der Waals surface area contributed by atoms with Crippen molar-refractivity contribution in [2.24, 2.45) is 5.92 Å². The molecule has 0 heterocycles. The lowest BCUT2D eigenvalue weighted by Crippen LogP contribution is -2.03. The summed E-state index contributed by atoms with van der Waals surface area (Å²) in [5.41, 5.74) is 0. The third-order valence-corrected chi connectivity index (χ3v) is 2.03. The molecule has 0 nitrogen and oxygen atoms in total. The molecule has 0 spiro atoms. The number of alkyl halides is 3. The van der Waals surface area contributed by atoms with Gasteiger partial charge in [-0.3, -0.25) is 0 Å². The molecule has 0 saturated heterocycles. The van der Waals surface area contributed by atoms with Crippen LogP contribution in [0.4, 0.5) is 8.78 Å². The van der Waals surface area contributed by atoms with Crippen LogP contribution in [0.3, 0.4) is 0 Å². The highest BCUT2D eigenvalue weighted by Gasteiger charge is 2.22. The Labute approximate surface area is 80.9 Å². The second kappa shape index (κ2) is 5.27. The summed E-state index contributed by atoms with van der Waals surface area (Å²) in [6.45, 7) is 4.23. The summed E-state index contributed by atoms with van der Waals surface area (Å²) >= 11 is 1.20. The average Bonchev–Trinajstić information content (AvgIpc) is 1.78. The minimum Gasteiger partial charge on any atom is -0.195 e. The molecule has 0 unspecified atom stereocenters. The average molecular weight is 276 g/mol. The van der Waals surface area contributed by atoms with Crippen LogP contribution in [0.15, 0.2) is 0 Å². The quantitative estimate of drug-likeness (QED) is 0.400. The van der Waals surface area contributed by atoms with Crippen molar-refractivity contribution in [2.75, 3.05) is 0 Å². The number of rotatable bonds is 5. The Kier molecular flexibility index (Phi) is 5.56. The molecule has 0 saturated carbocycles. The molecule has 0 rings (SSSR count). The first-order chi connectivity index (χ1) is 4.92. The van der Waals surface area contributed by atoms with Gasteiger partial charge in [0.2, 0.25) is 0 Å². The van der Waals surface area contributed by atoms with Crippen molar-refractivity contribution in [3.8, 4) is 0 Å². The van der Waals surface area contributed by atoms with Gasteiger partial charge in [-0.25, -0.2) is 0 Å². The first kappa shape index (κ1) is 11.6. The van der Waals surface area contributed by atoms with E-state index in [1.165, 1.54) is 22.6 Å². The van der Waals surface area contributed by atoms with Gasteiger partial charge < -0.3 is 0 Å². The molecule has 0 N–H and O–H groups in total. The fourth-order valence-corrected chi connectivity index (χ4v) is 1.26. The molecule has 0 bridgehead atoms. The molecule has 0 aliphatic heterocycles. The van der Waals surface area contributed by atoms with E-state index in [0.717, 1.165) is 12.8 Å². The SMILES string of the molecule is CC(C)CCCCC(F)(F)I. The summed E-state index contributed by atoms with van der Waals surface area (Å²) in [6.07, 6.45) is 2.66. The van der Waals surface area contributed by atoms with Crippen LogP contribution >= 0.6 is 22.6 Å². The summed E-state index contributed by atoms with van der Waals surface area (Å²) in [5.74, 6) is 0.637. The van der Waals surface area contributed by atoms with Crippen molar-refractivity contribution < 1.29 is 8.78 Å². The monoisotopic (exact) mass is 276 g/mol. The van der Waals surface area contributed by atoms with Crippen LogP contribution in [0.2, 0.25) is 0 Å². The van der Waals surface area contributed by atoms with E-state index in [-0.39, 0.29) is 6.42 Å². The van der Waals surface area contributed by atoms with Gasteiger partial charge in [-0.1, -0.05) is 26.7 Å². The van der Waals surface area contributed by atoms with E-state index >= 15 is 0 Å². The Morgan fingerprint density at radius 2 is 1.82 bits per heavy atom. The van der Waals surface area contributed by atoms with Gasteiger partial charge in [-0.15, -0.1) is 0 Å². The lowest BCUT2D eigenvalue weighted by Gasteiger charge is -2.08. The lowest BCUT2D eigenvalue weighted by atomic mass is 10.1. The predicted octanol–water partition coefficient (Wildman–Crippen LogP) is 4.23. The maximum absolute atomic E-state index is 12.2. The molecule has 0 fully saturated rings. The van der Waals surface area contributed by atoms with Crippen molar-refractivity contribution in [1.29, 1.82) is 0 Å². The first-order valence-electron chi connectivity index (χ1n) is 3.98. The number of hydrogen-bond donors (Lipinski definition) is 0. The van der Waals surface area contributed by atoms with Gasteiger partial charge in [0.05, 0.1) is 0 Å². The van der Waals surface area contributed by atoms with Gasteiger partial charge in [0.1, 0.15) is 0 Å². The molecule has 0 aliphatic rings. The molecule has 0 aromatic rings. The smallest absolute Gasteiger partial charge is 0.195 e. The Morgan fingerprint density at radius 1 is 1.27 bits per heavy atom. The van der Waals surface area contributed by atoms with Gasteiger partial charge in [-0.2, -0.15) is 8.78 Å². The van der Waals surface area contributed by atoms with Gasteiger partial charge in [0.15, 0.2) is 0 Å². The van der Waals surface area contributed by atoms with Crippen molar-refractivity contribution in [3.63, 3.8) is 0 Å². The van der Waals surface area contributed by atoms with Crippen molar-refractivity contribution >= 4 is 22.6 Å². The molecular weight excluding hydrogens is 261 g/mol. The summed E-state index contributed by atoms with van der Waals surface area (Å²) in [4.78, 5) is 0. The molecule has 0 atom stereocenters. The topological polar surface area (TPSA) is 0 Å². The molecule has 0 aliphatic carbocycles. The fourth-order valence-electron chi connectivity index (χ4n) is 0.878. The van der Waals surface area contributed by atoms with Crippen LogP contribution in [0.25, 0.3) is 0 Å². The summed E-state index contributed by atoms with van der Waals surface area (Å²) in [6, 6.07) is 0. The molecule has 3 heteroatoms. The Balaban J connectivity index is 3.15. The van der Waals surface area contributed by atoms with Crippen LogP contribution in [0, 0.1) is 5.92 Å². The van der Waals surface area contributed by atoms with Crippen molar-refractivity contribution in [1.82, 2.24) is 0 Å². The molecule has 0 aromatic heterocycles. The minimum absolute atomic E-state index is 0.0281. The zero-order chi connectivity index (χ0) is 8.91. The highest BCUT2D eigenvalue weighted by atomic mass is 127. The van der Waals surface area contributed by atoms with E-state index in [2.05, 4.69) is 13.8 Å². The number of unbranched alkanes of at least 4 members (excludes halogenated alkanes) is 1. The van der Waals surface area contributed by atoms with Gasteiger partial charge in [0.25, 0.3) is 3.93 Å². The van der Waals surface area contributed by atoms with E-state index < -0.39 is 3.93 Å². The van der Waals surface area contributed by atoms with E-state index in [0.29, 0.717) is 12.3 Å². The second-order valence-corrected chi connectivity index (χ2v) is 4.83. The molecule has 68 valence electrons. The van der Waals surface area contributed by atoms with Crippen LogP contribution in [0.5, 0.6) is 0 Å². The van der Waals surface area contributed by atoms with Gasteiger partial charge >= 0.3 is 0 Å². The molecule has 0 amide bonds. The zero-order valence-corrected chi connectivity index (χ0v) is 9.20. The highest BCUT2D eigenvalue weighted by molar-refractivity contribution is 14.1. The maximum atomic E-state index is 12.2. The van der Waals surface area contributed by atoms with E-state index in [9.17, 15) is 8.78 Å². The Bertz CT molecular complexity index is 96.8. The van der Waals surface area contributed by atoms with Crippen molar-refractivity contribution in [2.45, 2.75) is 43.5 Å². The van der Waals surface area contributed by atoms with Gasteiger partial charge in [-0.05, 0) is 34.9 Å². The molecule has 0 radical (unpaired) electrons. The predicted molar refractivity (Wildman–Crippen MR) is 52.3 cm³/mol. The van der Waals surface area contributed by atoms with Crippen LogP contribution in [-0.4, -0.2) is 3.93 Å². The van der Waals surface area contributed by atoms with E-state index in [4.69, 9.17) is 0 Å². The second-order valence-electron chi connectivity index (χ2n) is 3.25. The third kappa shape index (κ3) is 10.6. The Hall–Kier alpha value is 0.590. The Morgan fingerprint density at radius 3 is 2.18 bits per heavy atom. The zero-order valence-electron chi connectivity index (χ0n) is 7.04. The largest absolute Gasteiger partial charge is 0.296 e. The standard InChI is InChI=1S/C8H15F2I/c1-7(2)5-3-4-6-8(9,10)11/h7H,3-6H2,1-2H3. The summed E-state index contributed by atoms with van der Waals surface area (Å²) in [7, 11) is 0. The van der Waals surface area contributed by atoms with Crippen LogP contribution < -0.4 is 0 Å². The molecule has 0 aromatic carbocycles. The molecular formula is C8H15F2I. The van der Waals surface area contributed by atoms with Crippen LogP contribution in [-0.2, 0) is 0 Å². The number of hydrogen-bond acceptors (Lipinski definition) is 0. The summed E-state index contributed by atoms with van der Waals surface area (Å²) in [5, 5.41) is 0.